The number of rotatable bonds is 2. The zero-order valence-electron chi connectivity index (χ0n) is 13.7. The van der Waals surface area contributed by atoms with E-state index < -0.39 is 0 Å². The minimum Gasteiger partial charge on any atom is -0.358 e. The Kier molecular flexibility index (Phi) is 3.40. The van der Waals surface area contributed by atoms with Crippen molar-refractivity contribution in [2.45, 2.75) is 33.1 Å². The molecular weight excluding hydrogens is 268 g/mol. The first-order valence-electron chi connectivity index (χ1n) is 7.62. The lowest BCUT2D eigenvalue weighted by molar-refractivity contribution is 0.558. The van der Waals surface area contributed by atoms with Crippen LogP contribution in [0.15, 0.2) is 71.6 Å². The van der Waals surface area contributed by atoms with Crippen molar-refractivity contribution in [2.24, 2.45) is 0 Å². The van der Waals surface area contributed by atoms with Crippen LogP contribution in [0.25, 0.3) is 10.9 Å². The summed E-state index contributed by atoms with van der Waals surface area (Å²) in [5, 5.41) is 4.65. The molecule has 0 saturated heterocycles. The molecule has 1 aromatic carbocycles. The number of dihydropyridines is 1. The average Bonchev–Trinajstić information content (AvgIpc) is 2.50. The van der Waals surface area contributed by atoms with E-state index in [9.17, 15) is 0 Å². The SMILES string of the molecule is C=C1NC(C(C)(C)c2ccc3ccccc3n2)=C(C)C=C1C. The fourth-order valence-corrected chi connectivity index (χ4v) is 3.02. The van der Waals surface area contributed by atoms with Crippen molar-refractivity contribution in [3.8, 4) is 0 Å². The fourth-order valence-electron chi connectivity index (χ4n) is 3.02. The van der Waals surface area contributed by atoms with Crippen molar-refractivity contribution in [2.75, 3.05) is 0 Å². The van der Waals surface area contributed by atoms with Crippen LogP contribution in [0.4, 0.5) is 0 Å². The van der Waals surface area contributed by atoms with Crippen molar-refractivity contribution in [1.82, 2.24) is 10.3 Å². The summed E-state index contributed by atoms with van der Waals surface area (Å²) in [6.07, 6.45) is 2.19. The summed E-state index contributed by atoms with van der Waals surface area (Å²) < 4.78 is 0. The molecule has 0 unspecified atom stereocenters. The highest BCUT2D eigenvalue weighted by atomic mass is 14.9. The van der Waals surface area contributed by atoms with Gasteiger partial charge in [0.1, 0.15) is 0 Å². The van der Waals surface area contributed by atoms with Crippen LogP contribution in [0.5, 0.6) is 0 Å². The number of hydrogen-bond acceptors (Lipinski definition) is 2. The Morgan fingerprint density at radius 1 is 1.05 bits per heavy atom. The van der Waals surface area contributed by atoms with E-state index >= 15 is 0 Å². The number of allylic oxidation sites excluding steroid dienone is 4. The van der Waals surface area contributed by atoms with E-state index in [2.05, 4.69) is 69.9 Å². The van der Waals surface area contributed by atoms with Gasteiger partial charge in [0.15, 0.2) is 0 Å². The van der Waals surface area contributed by atoms with Crippen LogP contribution in [0.1, 0.15) is 33.4 Å². The second-order valence-corrected chi connectivity index (χ2v) is 6.50. The van der Waals surface area contributed by atoms with Gasteiger partial charge in [-0.15, -0.1) is 0 Å². The van der Waals surface area contributed by atoms with Crippen LogP contribution in [0, 0.1) is 0 Å². The molecule has 2 heterocycles. The van der Waals surface area contributed by atoms with E-state index in [0.717, 1.165) is 16.9 Å². The normalized spacial score (nSPS) is 15.8. The van der Waals surface area contributed by atoms with Gasteiger partial charge in [-0.2, -0.15) is 0 Å². The summed E-state index contributed by atoms with van der Waals surface area (Å²) in [4.78, 5) is 4.88. The van der Waals surface area contributed by atoms with Crippen molar-refractivity contribution >= 4 is 10.9 Å². The highest BCUT2D eigenvalue weighted by molar-refractivity contribution is 5.78. The first-order chi connectivity index (χ1) is 10.4. The Hall–Kier alpha value is -2.35. The molecule has 1 aromatic heterocycles. The quantitative estimate of drug-likeness (QED) is 0.855. The van der Waals surface area contributed by atoms with Crippen LogP contribution < -0.4 is 5.32 Å². The predicted molar refractivity (Wildman–Crippen MR) is 93.5 cm³/mol. The lowest BCUT2D eigenvalue weighted by Crippen LogP contribution is -2.33. The summed E-state index contributed by atoms with van der Waals surface area (Å²) in [7, 11) is 0. The molecule has 0 amide bonds. The Balaban J connectivity index is 2.11. The molecule has 0 bridgehead atoms. The molecular formula is C20H22N2. The standard InChI is InChI=1S/C20H22N2/c1-13-12-14(2)19(21-15(13)3)20(4,5)18-11-10-16-8-6-7-9-17(16)22-18/h6-12,21H,3H2,1-2,4-5H3. The van der Waals surface area contributed by atoms with Crippen molar-refractivity contribution in [3.63, 3.8) is 0 Å². The zero-order chi connectivity index (χ0) is 15.9. The van der Waals surface area contributed by atoms with Crippen molar-refractivity contribution in [1.29, 1.82) is 0 Å². The molecule has 1 N–H and O–H groups in total. The van der Waals surface area contributed by atoms with Crippen molar-refractivity contribution < 1.29 is 0 Å². The molecule has 0 fully saturated rings. The van der Waals surface area contributed by atoms with Crippen LogP contribution in [-0.4, -0.2) is 4.98 Å². The molecule has 22 heavy (non-hydrogen) atoms. The maximum absolute atomic E-state index is 4.88. The average molecular weight is 290 g/mol. The molecule has 2 aromatic rings. The van der Waals surface area contributed by atoms with E-state index in [1.807, 2.05) is 12.1 Å². The van der Waals surface area contributed by atoms with Gasteiger partial charge in [0, 0.05) is 22.2 Å². The summed E-state index contributed by atoms with van der Waals surface area (Å²) >= 11 is 0. The fraction of sp³-hybridized carbons (Fsp3) is 0.250. The van der Waals surface area contributed by atoms with Gasteiger partial charge >= 0.3 is 0 Å². The Bertz CT molecular complexity index is 822. The van der Waals surface area contributed by atoms with Gasteiger partial charge in [-0.05, 0) is 51.0 Å². The van der Waals surface area contributed by atoms with E-state index in [0.29, 0.717) is 0 Å². The number of pyridine rings is 1. The second-order valence-electron chi connectivity index (χ2n) is 6.50. The molecule has 1 aliphatic rings. The van der Waals surface area contributed by atoms with Gasteiger partial charge in [-0.25, -0.2) is 0 Å². The molecule has 0 saturated carbocycles. The summed E-state index contributed by atoms with van der Waals surface area (Å²) in [5.41, 5.74) is 6.46. The van der Waals surface area contributed by atoms with Gasteiger partial charge < -0.3 is 5.32 Å². The molecule has 0 atom stereocenters. The number of hydrogen-bond donors (Lipinski definition) is 1. The number of benzene rings is 1. The lowest BCUT2D eigenvalue weighted by Gasteiger charge is -2.33. The topological polar surface area (TPSA) is 24.9 Å². The van der Waals surface area contributed by atoms with Crippen LogP contribution in [0.3, 0.4) is 0 Å². The summed E-state index contributed by atoms with van der Waals surface area (Å²) in [6, 6.07) is 12.5. The lowest BCUT2D eigenvalue weighted by atomic mass is 9.81. The van der Waals surface area contributed by atoms with Gasteiger partial charge in [0.25, 0.3) is 0 Å². The van der Waals surface area contributed by atoms with Crippen LogP contribution >= 0.6 is 0 Å². The highest BCUT2D eigenvalue weighted by Gasteiger charge is 2.30. The Morgan fingerprint density at radius 2 is 1.77 bits per heavy atom. The number of fused-ring (bicyclic) bond motifs is 1. The van der Waals surface area contributed by atoms with E-state index in [1.165, 1.54) is 22.2 Å². The molecule has 1 aliphatic heterocycles. The zero-order valence-corrected chi connectivity index (χ0v) is 13.7. The second kappa shape index (κ2) is 5.13. The summed E-state index contributed by atoms with van der Waals surface area (Å²) in [5.74, 6) is 0. The first kappa shape index (κ1) is 14.6. The maximum Gasteiger partial charge on any atom is 0.0705 e. The molecule has 2 heteroatoms. The summed E-state index contributed by atoms with van der Waals surface area (Å²) in [6.45, 7) is 12.7. The Labute approximate surface area is 132 Å². The van der Waals surface area contributed by atoms with E-state index in [-0.39, 0.29) is 5.41 Å². The molecule has 0 radical (unpaired) electrons. The predicted octanol–water partition coefficient (Wildman–Crippen LogP) is 4.85. The smallest absolute Gasteiger partial charge is 0.0705 e. The third-order valence-electron chi connectivity index (χ3n) is 4.44. The van der Waals surface area contributed by atoms with E-state index in [4.69, 9.17) is 4.98 Å². The molecule has 2 nitrogen and oxygen atoms in total. The highest BCUT2D eigenvalue weighted by Crippen LogP contribution is 2.35. The van der Waals surface area contributed by atoms with Gasteiger partial charge in [-0.3, -0.25) is 4.98 Å². The molecule has 112 valence electrons. The van der Waals surface area contributed by atoms with Crippen LogP contribution in [-0.2, 0) is 5.41 Å². The monoisotopic (exact) mass is 290 g/mol. The number of nitrogens with zero attached hydrogens (tertiary/aromatic N) is 1. The number of nitrogens with one attached hydrogen (secondary N) is 1. The van der Waals surface area contributed by atoms with Gasteiger partial charge in [0.05, 0.1) is 11.2 Å². The molecule has 0 aliphatic carbocycles. The van der Waals surface area contributed by atoms with Gasteiger partial charge in [0.2, 0.25) is 0 Å². The first-order valence-corrected chi connectivity index (χ1v) is 7.62. The van der Waals surface area contributed by atoms with Crippen molar-refractivity contribution in [3.05, 3.63) is 77.3 Å². The van der Waals surface area contributed by atoms with E-state index in [1.54, 1.807) is 0 Å². The third kappa shape index (κ3) is 2.35. The molecule has 3 rings (SSSR count). The number of para-hydroxylation sites is 1. The molecule has 0 spiro atoms. The van der Waals surface area contributed by atoms with Crippen LogP contribution in [0.2, 0.25) is 0 Å². The maximum atomic E-state index is 4.88. The van der Waals surface area contributed by atoms with Gasteiger partial charge in [-0.1, -0.05) is 36.9 Å². The minimum atomic E-state index is -0.200. The number of aromatic nitrogens is 1. The Morgan fingerprint density at radius 3 is 2.55 bits per heavy atom. The largest absolute Gasteiger partial charge is 0.358 e. The third-order valence-corrected chi connectivity index (χ3v) is 4.44. The minimum absolute atomic E-state index is 0.200.